The molecule has 0 aliphatic carbocycles. The van der Waals surface area contributed by atoms with Crippen molar-refractivity contribution in [1.29, 1.82) is 0 Å². The number of hydrogen-bond acceptors (Lipinski definition) is 3. The fourth-order valence-electron chi connectivity index (χ4n) is 1.62. The Morgan fingerprint density at radius 2 is 2.06 bits per heavy atom. The predicted octanol–water partition coefficient (Wildman–Crippen LogP) is 4.47. The van der Waals surface area contributed by atoms with Crippen LogP contribution in [0.4, 0.5) is 4.39 Å². The van der Waals surface area contributed by atoms with Crippen LogP contribution in [0.5, 0.6) is 5.75 Å². The molecule has 0 amide bonds. The highest BCUT2D eigenvalue weighted by Gasteiger charge is 2.18. The van der Waals surface area contributed by atoms with Crippen molar-refractivity contribution in [3.63, 3.8) is 0 Å². The molecule has 2 aromatic rings. The van der Waals surface area contributed by atoms with Gasteiger partial charge in [-0.15, -0.1) is 11.3 Å². The van der Waals surface area contributed by atoms with Crippen molar-refractivity contribution < 1.29 is 9.13 Å². The van der Waals surface area contributed by atoms with Crippen LogP contribution in [-0.2, 0) is 0 Å². The summed E-state index contributed by atoms with van der Waals surface area (Å²) in [6, 6.07) is 5.86. The Bertz CT molecular complexity index is 554. The van der Waals surface area contributed by atoms with Crippen molar-refractivity contribution in [3.05, 3.63) is 48.8 Å². The topological polar surface area (TPSA) is 35.2 Å². The molecule has 96 valence electrons. The number of halogens is 3. The van der Waals surface area contributed by atoms with Gasteiger partial charge in [0.2, 0.25) is 0 Å². The molecule has 1 unspecified atom stereocenters. The van der Waals surface area contributed by atoms with Crippen LogP contribution in [0.25, 0.3) is 0 Å². The number of rotatable bonds is 3. The van der Waals surface area contributed by atoms with Gasteiger partial charge in [-0.2, -0.15) is 0 Å². The Labute approximate surface area is 125 Å². The van der Waals surface area contributed by atoms with Crippen LogP contribution in [0.15, 0.2) is 32.5 Å². The third-order valence-corrected chi connectivity index (χ3v) is 5.84. The van der Waals surface area contributed by atoms with E-state index in [1.54, 1.807) is 13.2 Å². The molecular weight excluding hydrogens is 385 g/mol. The van der Waals surface area contributed by atoms with Gasteiger partial charge in [-0.25, -0.2) is 4.39 Å². The third-order valence-electron chi connectivity index (χ3n) is 2.50. The first-order chi connectivity index (χ1) is 8.52. The van der Waals surface area contributed by atoms with Crippen LogP contribution in [-0.4, -0.2) is 7.11 Å². The van der Waals surface area contributed by atoms with E-state index in [9.17, 15) is 4.39 Å². The maximum absolute atomic E-state index is 13.3. The Morgan fingerprint density at radius 3 is 2.61 bits per heavy atom. The lowest BCUT2D eigenvalue weighted by Crippen LogP contribution is -2.12. The Hall–Kier alpha value is -0.430. The van der Waals surface area contributed by atoms with Crippen molar-refractivity contribution in [3.8, 4) is 5.75 Å². The quantitative estimate of drug-likeness (QED) is 0.833. The van der Waals surface area contributed by atoms with Crippen LogP contribution >= 0.6 is 43.2 Å². The van der Waals surface area contributed by atoms with Crippen molar-refractivity contribution in [2.75, 3.05) is 7.11 Å². The minimum absolute atomic E-state index is 0.323. The number of benzene rings is 1. The molecular formula is C12H10Br2FNOS. The van der Waals surface area contributed by atoms with Gasteiger partial charge in [-0.1, -0.05) is 0 Å². The summed E-state index contributed by atoms with van der Waals surface area (Å²) in [5.74, 6) is 0.264. The lowest BCUT2D eigenvalue weighted by Gasteiger charge is -2.14. The van der Waals surface area contributed by atoms with Crippen LogP contribution in [0.1, 0.15) is 16.5 Å². The number of methoxy groups -OCH3 is 1. The third kappa shape index (κ3) is 2.77. The zero-order valence-corrected chi connectivity index (χ0v) is 13.4. The molecule has 2 N–H and O–H groups in total. The molecule has 0 fully saturated rings. The lowest BCUT2D eigenvalue weighted by atomic mass is 10.0. The number of ether oxygens (including phenoxy) is 1. The molecule has 0 aliphatic rings. The first-order valence-corrected chi connectivity index (χ1v) is 7.47. The minimum atomic E-state index is -0.414. The number of nitrogens with two attached hydrogens (primary N) is 1. The summed E-state index contributed by atoms with van der Waals surface area (Å²) in [4.78, 5) is 0.928. The molecule has 2 rings (SSSR count). The molecule has 0 spiro atoms. The Morgan fingerprint density at radius 1 is 1.33 bits per heavy atom. The van der Waals surface area contributed by atoms with Gasteiger partial charge >= 0.3 is 0 Å². The molecule has 6 heteroatoms. The monoisotopic (exact) mass is 393 g/mol. The van der Waals surface area contributed by atoms with Crippen LogP contribution in [0.3, 0.4) is 0 Å². The number of thiophene rings is 1. The van der Waals surface area contributed by atoms with E-state index in [4.69, 9.17) is 10.5 Å². The van der Waals surface area contributed by atoms with Crippen molar-refractivity contribution >= 4 is 43.2 Å². The van der Waals surface area contributed by atoms with Gasteiger partial charge < -0.3 is 10.5 Å². The van der Waals surface area contributed by atoms with E-state index in [1.165, 1.54) is 23.5 Å². The molecule has 0 bridgehead atoms. The normalized spacial score (nSPS) is 12.5. The van der Waals surface area contributed by atoms with Crippen molar-refractivity contribution in [2.24, 2.45) is 5.73 Å². The summed E-state index contributed by atoms with van der Waals surface area (Å²) >= 11 is 8.34. The summed E-state index contributed by atoms with van der Waals surface area (Å²) in [6.07, 6.45) is 0. The zero-order chi connectivity index (χ0) is 13.3. The molecule has 18 heavy (non-hydrogen) atoms. The minimum Gasteiger partial charge on any atom is -0.496 e. The summed E-state index contributed by atoms with van der Waals surface area (Å²) in [6.45, 7) is 0. The van der Waals surface area contributed by atoms with E-state index < -0.39 is 6.04 Å². The molecule has 0 saturated heterocycles. The standard InChI is InChI=1S/C12H10Br2FNOS/c1-17-9-3-2-6(15)4-7(9)11(16)10-5-8(13)12(14)18-10/h2-5,11H,16H2,1H3. The average molecular weight is 395 g/mol. The maximum Gasteiger partial charge on any atom is 0.124 e. The predicted molar refractivity (Wildman–Crippen MR) is 78.7 cm³/mol. The first kappa shape index (κ1) is 14.0. The molecule has 0 aliphatic heterocycles. The van der Waals surface area contributed by atoms with E-state index in [2.05, 4.69) is 31.9 Å². The van der Waals surface area contributed by atoms with Gasteiger partial charge in [0.1, 0.15) is 11.6 Å². The first-order valence-electron chi connectivity index (χ1n) is 5.06. The SMILES string of the molecule is COc1ccc(F)cc1C(N)c1cc(Br)c(Br)s1. The summed E-state index contributed by atoms with van der Waals surface area (Å²) < 4.78 is 20.4. The van der Waals surface area contributed by atoms with Gasteiger partial charge in [0.25, 0.3) is 0 Å². The van der Waals surface area contributed by atoms with Crippen LogP contribution in [0.2, 0.25) is 0 Å². The van der Waals surface area contributed by atoms with E-state index in [1.807, 2.05) is 6.07 Å². The van der Waals surface area contributed by atoms with Gasteiger partial charge in [-0.05, 0) is 56.1 Å². The fraction of sp³-hybridized carbons (Fsp3) is 0.167. The molecule has 1 aromatic heterocycles. The van der Waals surface area contributed by atoms with Crippen molar-refractivity contribution in [1.82, 2.24) is 0 Å². The Kier molecular flexibility index (Phi) is 4.42. The smallest absolute Gasteiger partial charge is 0.124 e. The van der Waals surface area contributed by atoms with Gasteiger partial charge in [-0.3, -0.25) is 0 Å². The van der Waals surface area contributed by atoms with E-state index >= 15 is 0 Å². The van der Waals surface area contributed by atoms with E-state index in [0.29, 0.717) is 11.3 Å². The lowest BCUT2D eigenvalue weighted by molar-refractivity contribution is 0.406. The molecule has 1 aromatic carbocycles. The maximum atomic E-state index is 13.3. The molecule has 1 atom stereocenters. The molecule has 1 heterocycles. The van der Waals surface area contributed by atoms with Gasteiger partial charge in [0.15, 0.2) is 0 Å². The van der Waals surface area contributed by atoms with Crippen LogP contribution in [0, 0.1) is 5.82 Å². The van der Waals surface area contributed by atoms with Gasteiger partial charge in [0, 0.05) is 14.9 Å². The largest absolute Gasteiger partial charge is 0.496 e. The Balaban J connectivity index is 2.44. The zero-order valence-electron chi connectivity index (χ0n) is 9.41. The van der Waals surface area contributed by atoms with Crippen molar-refractivity contribution in [2.45, 2.75) is 6.04 Å². The summed E-state index contributed by atoms with van der Waals surface area (Å²) in [7, 11) is 1.55. The molecule has 2 nitrogen and oxygen atoms in total. The second-order valence-electron chi connectivity index (χ2n) is 3.63. The van der Waals surface area contributed by atoms with E-state index in [0.717, 1.165) is 13.1 Å². The molecule has 0 saturated carbocycles. The second-order valence-corrected chi connectivity index (χ2v) is 6.89. The van der Waals surface area contributed by atoms with Crippen LogP contribution < -0.4 is 10.5 Å². The number of hydrogen-bond donors (Lipinski definition) is 1. The van der Waals surface area contributed by atoms with Gasteiger partial charge in [0.05, 0.1) is 16.9 Å². The fourth-order valence-corrected chi connectivity index (χ4v) is 3.73. The highest BCUT2D eigenvalue weighted by atomic mass is 79.9. The molecule has 0 radical (unpaired) electrons. The highest BCUT2D eigenvalue weighted by Crippen LogP contribution is 2.38. The summed E-state index contributed by atoms with van der Waals surface area (Å²) in [5, 5.41) is 0. The summed E-state index contributed by atoms with van der Waals surface area (Å²) in [5.41, 5.74) is 6.80. The second kappa shape index (κ2) is 5.69. The average Bonchev–Trinajstić information content (AvgIpc) is 2.68. The van der Waals surface area contributed by atoms with E-state index in [-0.39, 0.29) is 5.82 Å². The highest BCUT2D eigenvalue weighted by molar-refractivity contribution is 9.13.